The predicted octanol–water partition coefficient (Wildman–Crippen LogP) is 21.8. The van der Waals surface area contributed by atoms with Crippen molar-refractivity contribution in [3.8, 4) is 0 Å². The molecule has 0 aromatic carbocycles. The van der Waals surface area contributed by atoms with Gasteiger partial charge in [0.15, 0.2) is 6.10 Å². The van der Waals surface area contributed by atoms with Gasteiger partial charge in [0.05, 0.1) is 0 Å². The highest BCUT2D eigenvalue weighted by molar-refractivity contribution is 5.71. The van der Waals surface area contributed by atoms with Crippen molar-refractivity contribution in [2.45, 2.75) is 284 Å². The van der Waals surface area contributed by atoms with E-state index in [0.29, 0.717) is 12.8 Å². The third kappa shape index (κ3) is 62.3. The van der Waals surface area contributed by atoms with Crippen LogP contribution in [0.15, 0.2) is 134 Å². The molecule has 0 saturated heterocycles. The molecule has 0 heterocycles. The zero-order valence-electron chi connectivity index (χ0n) is 49.9. The van der Waals surface area contributed by atoms with Gasteiger partial charge in [-0.3, -0.25) is 14.4 Å². The minimum atomic E-state index is -0.801. The molecule has 0 bridgehead atoms. The highest BCUT2D eigenvalue weighted by atomic mass is 16.6. The molecule has 0 N–H and O–H groups in total. The maximum Gasteiger partial charge on any atom is 0.306 e. The number of carbonyl (C=O) groups is 3. The summed E-state index contributed by atoms with van der Waals surface area (Å²) in [5.41, 5.74) is 0. The van der Waals surface area contributed by atoms with E-state index in [1.807, 2.05) is 0 Å². The van der Waals surface area contributed by atoms with E-state index in [2.05, 4.69) is 154 Å². The van der Waals surface area contributed by atoms with E-state index in [4.69, 9.17) is 14.2 Å². The molecule has 6 nitrogen and oxygen atoms in total. The van der Waals surface area contributed by atoms with Gasteiger partial charge in [-0.05, 0) is 135 Å². The third-order valence-corrected chi connectivity index (χ3v) is 13.1. The average Bonchev–Trinajstić information content (AvgIpc) is 3.43. The lowest BCUT2D eigenvalue weighted by Gasteiger charge is -2.18. The predicted molar refractivity (Wildman–Crippen MR) is 334 cm³/mol. The summed E-state index contributed by atoms with van der Waals surface area (Å²) in [6.45, 7) is 6.36. The van der Waals surface area contributed by atoms with Crippen molar-refractivity contribution in [2.24, 2.45) is 0 Å². The fourth-order valence-electron chi connectivity index (χ4n) is 8.43. The third-order valence-electron chi connectivity index (χ3n) is 13.1. The minimum Gasteiger partial charge on any atom is -0.462 e. The highest BCUT2D eigenvalue weighted by Gasteiger charge is 2.19. The first-order valence-electron chi connectivity index (χ1n) is 31.7. The van der Waals surface area contributed by atoms with E-state index in [1.54, 1.807) is 0 Å². The summed E-state index contributed by atoms with van der Waals surface area (Å²) in [4.78, 5) is 38.2. The highest BCUT2D eigenvalue weighted by Crippen LogP contribution is 2.15. The molecule has 77 heavy (non-hydrogen) atoms. The molecule has 0 fully saturated rings. The Hall–Kier alpha value is -4.45. The van der Waals surface area contributed by atoms with Gasteiger partial charge in [-0.2, -0.15) is 0 Å². The lowest BCUT2D eigenvalue weighted by Crippen LogP contribution is -2.30. The first-order chi connectivity index (χ1) is 38.0. The Morgan fingerprint density at radius 1 is 0.273 bits per heavy atom. The van der Waals surface area contributed by atoms with Crippen molar-refractivity contribution in [3.63, 3.8) is 0 Å². The van der Waals surface area contributed by atoms with Crippen LogP contribution < -0.4 is 0 Å². The van der Waals surface area contributed by atoms with Crippen LogP contribution in [0.3, 0.4) is 0 Å². The number of esters is 3. The number of hydrogen-bond acceptors (Lipinski definition) is 6. The smallest absolute Gasteiger partial charge is 0.306 e. The van der Waals surface area contributed by atoms with Crippen LogP contribution in [0.2, 0.25) is 0 Å². The fourth-order valence-corrected chi connectivity index (χ4v) is 8.43. The zero-order chi connectivity index (χ0) is 55.7. The lowest BCUT2D eigenvalue weighted by molar-refractivity contribution is -0.167. The molecule has 0 aliphatic rings. The number of rotatable bonds is 56. The van der Waals surface area contributed by atoms with E-state index in [0.717, 1.165) is 141 Å². The largest absolute Gasteiger partial charge is 0.462 e. The van der Waals surface area contributed by atoms with Crippen molar-refractivity contribution in [2.75, 3.05) is 13.2 Å². The van der Waals surface area contributed by atoms with Crippen molar-refractivity contribution in [1.82, 2.24) is 0 Å². The maximum absolute atomic E-state index is 12.8. The fraction of sp³-hybridized carbons (Fsp3) is 0.648. The van der Waals surface area contributed by atoms with Gasteiger partial charge < -0.3 is 14.2 Å². The molecule has 0 amide bonds. The van der Waals surface area contributed by atoms with E-state index in [1.165, 1.54) is 96.3 Å². The Morgan fingerprint density at radius 2 is 0.506 bits per heavy atom. The van der Waals surface area contributed by atoms with Crippen LogP contribution in [0.4, 0.5) is 0 Å². The first-order valence-corrected chi connectivity index (χ1v) is 31.7. The van der Waals surface area contributed by atoms with E-state index >= 15 is 0 Å². The Kier molecular flexibility index (Phi) is 60.4. The topological polar surface area (TPSA) is 78.9 Å². The van der Waals surface area contributed by atoms with Crippen LogP contribution in [-0.2, 0) is 28.6 Å². The number of hydrogen-bond donors (Lipinski definition) is 0. The number of ether oxygens (including phenoxy) is 3. The van der Waals surface area contributed by atoms with Gasteiger partial charge in [0, 0.05) is 19.3 Å². The summed E-state index contributed by atoms with van der Waals surface area (Å²) in [6.07, 6.45) is 90.4. The SMILES string of the molecule is CC/C=C\C/C=C\C/C=C\C/C=C\C/C=C\C/C=C\C/C=C\CCCCCCCCCCCCCC(=O)OCC(COC(=O)CCCCCCC/C=C\CCCCCC)OC(=O)CCCCC/C=C\C/C=C\C/C=C\CC. The summed E-state index contributed by atoms with van der Waals surface area (Å²) in [6, 6.07) is 0. The molecule has 0 radical (unpaired) electrons. The van der Waals surface area contributed by atoms with Gasteiger partial charge in [-0.1, -0.05) is 257 Å². The van der Waals surface area contributed by atoms with Crippen LogP contribution in [0.1, 0.15) is 278 Å². The molecular weight excluding hydrogens is 949 g/mol. The monoisotopic (exact) mass is 1060 g/mol. The molecule has 436 valence electrons. The molecule has 6 heteroatoms. The Morgan fingerprint density at radius 3 is 0.818 bits per heavy atom. The normalized spacial score (nSPS) is 13.0. The summed E-state index contributed by atoms with van der Waals surface area (Å²) in [5.74, 6) is -0.938. The Bertz CT molecular complexity index is 1650. The summed E-state index contributed by atoms with van der Waals surface area (Å²) >= 11 is 0. The van der Waals surface area contributed by atoms with Crippen molar-refractivity contribution in [1.29, 1.82) is 0 Å². The van der Waals surface area contributed by atoms with Crippen molar-refractivity contribution in [3.05, 3.63) is 134 Å². The molecule has 0 saturated carbocycles. The standard InChI is InChI=1S/C71H116O6/c1-4-7-10-13-16-19-22-25-26-27-28-29-30-31-32-33-34-35-36-37-38-39-40-41-42-43-44-47-49-52-55-58-61-64-70(73)76-67-68(77-71(74)65-62-59-56-53-50-46-24-21-18-15-12-9-6-3)66-75-69(72)63-60-57-54-51-48-45-23-20-17-14-11-8-5-2/h7,9-10,12,16,18-21,23,25-26,28-29,31-32,34-35,37-38,46,50,68H,4-6,8,11,13-15,17,22,24,27,30,33,36,39-45,47-49,51-67H2,1-3H3/b10-7-,12-9-,19-16-,21-18-,23-20-,26-25-,29-28-,32-31-,35-34-,38-37-,50-46-. The first kappa shape index (κ1) is 72.5. The van der Waals surface area contributed by atoms with Gasteiger partial charge >= 0.3 is 17.9 Å². The van der Waals surface area contributed by atoms with Crippen LogP contribution >= 0.6 is 0 Å². The number of allylic oxidation sites excluding steroid dienone is 22. The van der Waals surface area contributed by atoms with Crippen LogP contribution in [0.25, 0.3) is 0 Å². The molecule has 0 aliphatic carbocycles. The van der Waals surface area contributed by atoms with Crippen LogP contribution in [-0.4, -0.2) is 37.2 Å². The number of carbonyl (C=O) groups excluding carboxylic acids is 3. The summed E-state index contributed by atoms with van der Waals surface area (Å²) < 4.78 is 16.8. The van der Waals surface area contributed by atoms with E-state index in [9.17, 15) is 14.4 Å². The summed E-state index contributed by atoms with van der Waals surface area (Å²) in [5, 5.41) is 0. The van der Waals surface area contributed by atoms with Gasteiger partial charge in [0.25, 0.3) is 0 Å². The van der Waals surface area contributed by atoms with Gasteiger partial charge in [-0.25, -0.2) is 0 Å². The molecule has 0 spiro atoms. The molecule has 0 aromatic heterocycles. The average molecular weight is 1070 g/mol. The molecular formula is C71H116O6. The van der Waals surface area contributed by atoms with E-state index in [-0.39, 0.29) is 37.5 Å². The molecule has 1 atom stereocenters. The second-order valence-electron chi connectivity index (χ2n) is 20.5. The molecule has 0 aromatic rings. The second-order valence-corrected chi connectivity index (χ2v) is 20.5. The van der Waals surface area contributed by atoms with Gasteiger partial charge in [0.1, 0.15) is 13.2 Å². The quantitative estimate of drug-likeness (QED) is 0.0261. The van der Waals surface area contributed by atoms with Gasteiger partial charge in [-0.15, -0.1) is 0 Å². The van der Waals surface area contributed by atoms with Crippen LogP contribution in [0, 0.1) is 0 Å². The Balaban J connectivity index is 4.22. The lowest BCUT2D eigenvalue weighted by atomic mass is 10.0. The van der Waals surface area contributed by atoms with E-state index < -0.39 is 6.10 Å². The van der Waals surface area contributed by atoms with Crippen molar-refractivity contribution >= 4 is 17.9 Å². The minimum absolute atomic E-state index is 0.0963. The van der Waals surface area contributed by atoms with Crippen molar-refractivity contribution < 1.29 is 28.6 Å². The number of unbranched alkanes of at least 4 members (excludes halogenated alkanes) is 23. The van der Waals surface area contributed by atoms with Gasteiger partial charge in [0.2, 0.25) is 0 Å². The molecule has 0 aliphatic heterocycles. The Labute approximate surface area is 475 Å². The maximum atomic E-state index is 12.8. The summed E-state index contributed by atoms with van der Waals surface area (Å²) in [7, 11) is 0. The second kappa shape index (κ2) is 64.1. The molecule has 0 rings (SSSR count). The zero-order valence-corrected chi connectivity index (χ0v) is 49.9. The molecule has 1 unspecified atom stereocenters. The van der Waals surface area contributed by atoms with Crippen LogP contribution in [0.5, 0.6) is 0 Å².